The summed E-state index contributed by atoms with van der Waals surface area (Å²) in [4.78, 5) is 22.4. The first-order valence-corrected chi connectivity index (χ1v) is 4.96. The van der Waals surface area contributed by atoms with Crippen molar-refractivity contribution in [1.82, 2.24) is 0 Å². The smallest absolute Gasteiger partial charge is 0.316 e. The molecule has 0 aromatic carbocycles. The number of methoxy groups -OCH3 is 1. The maximum atomic E-state index is 11.2. The molecule has 5 heteroatoms. The molecule has 0 N–H and O–H groups in total. The number of carbonyl (C=O) groups excluding carboxylic acids is 2. The molecule has 1 heterocycles. The van der Waals surface area contributed by atoms with Crippen LogP contribution < -0.4 is 0 Å². The average molecular weight is 216 g/mol. The topological polar surface area (TPSA) is 61.8 Å². The summed E-state index contributed by atoms with van der Waals surface area (Å²) in [7, 11) is 1.28. The molecule has 1 saturated heterocycles. The predicted octanol–water partition coefficient (Wildman–Crippen LogP) is 0.518. The van der Waals surface area contributed by atoms with Crippen molar-refractivity contribution in [3.63, 3.8) is 0 Å². The first-order valence-electron chi connectivity index (χ1n) is 4.96. The van der Waals surface area contributed by atoms with Crippen molar-refractivity contribution in [3.8, 4) is 0 Å². The molecular formula is C10H16O5. The molecule has 0 aromatic rings. The Morgan fingerprint density at radius 1 is 1.40 bits per heavy atom. The van der Waals surface area contributed by atoms with Gasteiger partial charge in [0.2, 0.25) is 0 Å². The zero-order chi connectivity index (χ0) is 11.3. The van der Waals surface area contributed by atoms with Gasteiger partial charge in [-0.2, -0.15) is 0 Å². The zero-order valence-corrected chi connectivity index (χ0v) is 9.02. The molecule has 0 spiro atoms. The Hall–Kier alpha value is -0.940. The summed E-state index contributed by atoms with van der Waals surface area (Å²) in [5, 5.41) is 0. The molecule has 15 heavy (non-hydrogen) atoms. The fourth-order valence-corrected chi connectivity index (χ4v) is 1.51. The highest BCUT2D eigenvalue weighted by Gasteiger charge is 2.26. The number of hydrogen-bond acceptors (Lipinski definition) is 5. The number of hydrogen-bond donors (Lipinski definition) is 0. The molecule has 1 rings (SSSR count). The summed E-state index contributed by atoms with van der Waals surface area (Å²) in [5.41, 5.74) is 0. The van der Waals surface area contributed by atoms with Crippen LogP contribution in [-0.4, -0.2) is 38.4 Å². The summed E-state index contributed by atoms with van der Waals surface area (Å²) < 4.78 is 15.0. The Balaban J connectivity index is 2.37. The Morgan fingerprint density at radius 3 is 2.47 bits per heavy atom. The molecule has 86 valence electrons. The van der Waals surface area contributed by atoms with Crippen molar-refractivity contribution in [2.45, 2.75) is 26.1 Å². The van der Waals surface area contributed by atoms with Gasteiger partial charge in [0.25, 0.3) is 0 Å². The minimum Gasteiger partial charge on any atom is -0.468 e. The molecule has 1 unspecified atom stereocenters. The van der Waals surface area contributed by atoms with E-state index >= 15 is 0 Å². The zero-order valence-electron chi connectivity index (χ0n) is 9.02. The van der Waals surface area contributed by atoms with Gasteiger partial charge >= 0.3 is 5.97 Å². The van der Waals surface area contributed by atoms with Gasteiger partial charge in [0.1, 0.15) is 11.7 Å². The predicted molar refractivity (Wildman–Crippen MR) is 51.1 cm³/mol. The molecule has 1 aliphatic heterocycles. The number of ketones is 1. The first-order chi connectivity index (χ1) is 7.15. The van der Waals surface area contributed by atoms with Crippen LogP contribution in [0.15, 0.2) is 0 Å². The van der Waals surface area contributed by atoms with E-state index in [1.807, 2.05) is 0 Å². The summed E-state index contributed by atoms with van der Waals surface area (Å²) >= 11 is 0. The van der Waals surface area contributed by atoms with Crippen molar-refractivity contribution in [2.75, 3.05) is 20.3 Å². The van der Waals surface area contributed by atoms with Crippen LogP contribution in [0.3, 0.4) is 0 Å². The fraction of sp³-hybridized carbons (Fsp3) is 0.800. The Kier molecular flexibility index (Phi) is 4.71. The van der Waals surface area contributed by atoms with E-state index in [-0.39, 0.29) is 12.1 Å². The van der Waals surface area contributed by atoms with E-state index in [0.29, 0.717) is 26.1 Å². The van der Waals surface area contributed by atoms with Gasteiger partial charge in [-0.05, 0) is 19.8 Å². The molecular weight excluding hydrogens is 200 g/mol. The third-order valence-electron chi connectivity index (χ3n) is 2.36. The van der Waals surface area contributed by atoms with E-state index in [1.165, 1.54) is 14.0 Å². The highest BCUT2D eigenvalue weighted by molar-refractivity contribution is 5.97. The van der Waals surface area contributed by atoms with E-state index in [0.717, 1.165) is 0 Å². The van der Waals surface area contributed by atoms with Crippen LogP contribution in [0.4, 0.5) is 0 Å². The van der Waals surface area contributed by atoms with Crippen LogP contribution in [0.25, 0.3) is 0 Å². The maximum absolute atomic E-state index is 11.2. The maximum Gasteiger partial charge on any atom is 0.316 e. The van der Waals surface area contributed by atoms with Gasteiger partial charge in [-0.25, -0.2) is 0 Å². The second-order valence-electron chi connectivity index (χ2n) is 3.43. The molecule has 0 aliphatic carbocycles. The number of Topliss-reactive ketones (excluding diaryl/α,β-unsaturated/α-hetero) is 1. The minimum atomic E-state index is -0.692. The van der Waals surface area contributed by atoms with Gasteiger partial charge in [0.05, 0.1) is 20.3 Å². The largest absolute Gasteiger partial charge is 0.468 e. The molecule has 0 aromatic heterocycles. The van der Waals surface area contributed by atoms with Gasteiger partial charge < -0.3 is 14.2 Å². The lowest BCUT2D eigenvalue weighted by molar-refractivity contribution is -0.149. The van der Waals surface area contributed by atoms with E-state index in [4.69, 9.17) is 9.47 Å². The van der Waals surface area contributed by atoms with Crippen LogP contribution in [0.2, 0.25) is 0 Å². The molecule has 1 aliphatic rings. The van der Waals surface area contributed by atoms with Crippen molar-refractivity contribution in [1.29, 1.82) is 0 Å². The number of rotatable bonds is 5. The van der Waals surface area contributed by atoms with Gasteiger partial charge in [0.15, 0.2) is 6.29 Å². The van der Waals surface area contributed by atoms with Crippen molar-refractivity contribution in [3.05, 3.63) is 0 Å². The Labute approximate surface area is 88.7 Å². The van der Waals surface area contributed by atoms with Gasteiger partial charge in [-0.1, -0.05) is 0 Å². The van der Waals surface area contributed by atoms with Crippen LogP contribution in [-0.2, 0) is 23.8 Å². The molecule has 0 bridgehead atoms. The van der Waals surface area contributed by atoms with E-state index in [1.54, 1.807) is 0 Å². The fourth-order valence-electron chi connectivity index (χ4n) is 1.51. The average Bonchev–Trinajstić information content (AvgIpc) is 2.70. The third-order valence-corrected chi connectivity index (χ3v) is 2.36. The van der Waals surface area contributed by atoms with Crippen LogP contribution >= 0.6 is 0 Å². The SMILES string of the molecule is COC(=O)C(CCC1OCCO1)C(C)=O. The van der Waals surface area contributed by atoms with E-state index < -0.39 is 11.9 Å². The van der Waals surface area contributed by atoms with E-state index in [9.17, 15) is 9.59 Å². The lowest BCUT2D eigenvalue weighted by atomic mass is 9.99. The molecule has 0 radical (unpaired) electrons. The third kappa shape index (κ3) is 3.60. The normalized spacial score (nSPS) is 18.8. The highest BCUT2D eigenvalue weighted by Crippen LogP contribution is 2.16. The molecule has 5 nitrogen and oxygen atoms in total. The summed E-state index contributed by atoms with van der Waals surface area (Å²) in [5.74, 6) is -1.36. The number of ether oxygens (including phenoxy) is 3. The minimum absolute atomic E-state index is 0.181. The molecule has 1 fully saturated rings. The van der Waals surface area contributed by atoms with Gasteiger partial charge in [-0.3, -0.25) is 9.59 Å². The van der Waals surface area contributed by atoms with Crippen molar-refractivity contribution < 1.29 is 23.8 Å². The van der Waals surface area contributed by atoms with E-state index in [2.05, 4.69) is 4.74 Å². The highest BCUT2D eigenvalue weighted by atomic mass is 16.7. The van der Waals surface area contributed by atoms with Crippen LogP contribution in [0.1, 0.15) is 19.8 Å². The number of carbonyl (C=O) groups is 2. The first kappa shape index (κ1) is 12.1. The lowest BCUT2D eigenvalue weighted by Crippen LogP contribution is -2.25. The monoisotopic (exact) mass is 216 g/mol. The standard InChI is InChI=1S/C10H16O5/c1-7(11)8(10(12)13-2)3-4-9-14-5-6-15-9/h8-9H,3-6H2,1-2H3. The van der Waals surface area contributed by atoms with Crippen LogP contribution in [0, 0.1) is 5.92 Å². The Morgan fingerprint density at radius 2 is 2.00 bits per heavy atom. The quantitative estimate of drug-likeness (QED) is 0.495. The van der Waals surface area contributed by atoms with Crippen molar-refractivity contribution in [2.24, 2.45) is 5.92 Å². The van der Waals surface area contributed by atoms with Gasteiger partial charge in [0, 0.05) is 0 Å². The van der Waals surface area contributed by atoms with Crippen LogP contribution in [0.5, 0.6) is 0 Å². The summed E-state index contributed by atoms with van der Waals surface area (Å²) in [6, 6.07) is 0. The van der Waals surface area contributed by atoms with Gasteiger partial charge in [-0.15, -0.1) is 0 Å². The lowest BCUT2D eigenvalue weighted by Gasteiger charge is -2.13. The summed E-state index contributed by atoms with van der Waals surface area (Å²) in [6.45, 7) is 2.54. The summed E-state index contributed by atoms with van der Waals surface area (Å²) in [6.07, 6.45) is 0.669. The second-order valence-corrected chi connectivity index (χ2v) is 3.43. The Bertz CT molecular complexity index is 232. The number of esters is 1. The molecule has 0 amide bonds. The van der Waals surface area contributed by atoms with Crippen molar-refractivity contribution >= 4 is 11.8 Å². The molecule has 0 saturated carbocycles. The second kappa shape index (κ2) is 5.82. The molecule has 1 atom stereocenters.